The summed E-state index contributed by atoms with van der Waals surface area (Å²) >= 11 is 0. The van der Waals surface area contributed by atoms with Gasteiger partial charge < -0.3 is 14.4 Å². The summed E-state index contributed by atoms with van der Waals surface area (Å²) in [6.45, 7) is 4.34. The van der Waals surface area contributed by atoms with Gasteiger partial charge >= 0.3 is 13.8 Å². The van der Waals surface area contributed by atoms with Crippen molar-refractivity contribution in [2.75, 3.05) is 26.4 Å². The first-order valence-corrected chi connectivity index (χ1v) is 18.1. The van der Waals surface area contributed by atoms with Crippen molar-refractivity contribution >= 4 is 19.6 Å². The van der Waals surface area contributed by atoms with Crippen molar-refractivity contribution < 1.29 is 42.1 Å². The SMILES string of the molecule is CCCCCCCCCCCCCCCCCCOCC(COP(=O)(O)OCCC[n+]1ccccc1)OC(=O)CC(C)=O. The van der Waals surface area contributed by atoms with Crippen molar-refractivity contribution in [1.82, 2.24) is 0 Å². The number of ether oxygens (including phenoxy) is 2. The number of hydrogen-bond donors (Lipinski definition) is 1. The maximum Gasteiger partial charge on any atom is 0.472 e. The van der Waals surface area contributed by atoms with Crippen LogP contribution in [0.5, 0.6) is 0 Å². The lowest BCUT2D eigenvalue weighted by atomic mass is 10.0. The van der Waals surface area contributed by atoms with Gasteiger partial charge in [0.05, 0.1) is 19.8 Å². The number of aromatic nitrogens is 1. The van der Waals surface area contributed by atoms with Crippen LogP contribution in [0.25, 0.3) is 0 Å². The quantitative estimate of drug-likeness (QED) is 0.0304. The average molecular weight is 629 g/mol. The summed E-state index contributed by atoms with van der Waals surface area (Å²) in [5, 5.41) is 0. The third-order valence-corrected chi connectivity index (χ3v) is 8.14. The summed E-state index contributed by atoms with van der Waals surface area (Å²) < 4.78 is 35.3. The van der Waals surface area contributed by atoms with Crippen LogP contribution in [0, 0.1) is 0 Å². The molecule has 0 aromatic carbocycles. The second-order valence-electron chi connectivity index (χ2n) is 11.4. The molecule has 2 unspecified atom stereocenters. The fraction of sp³-hybridized carbons (Fsp3) is 0.788. The van der Waals surface area contributed by atoms with Crippen molar-refractivity contribution in [1.29, 1.82) is 0 Å². The number of pyridine rings is 1. The smallest absolute Gasteiger partial charge is 0.457 e. The van der Waals surface area contributed by atoms with Gasteiger partial charge in [-0.1, -0.05) is 109 Å². The highest BCUT2D eigenvalue weighted by Gasteiger charge is 2.25. The van der Waals surface area contributed by atoms with Crippen molar-refractivity contribution in [3.63, 3.8) is 0 Å². The monoisotopic (exact) mass is 628 g/mol. The third kappa shape index (κ3) is 25.4. The van der Waals surface area contributed by atoms with E-state index in [2.05, 4.69) is 6.92 Å². The fourth-order valence-electron chi connectivity index (χ4n) is 4.74. The topological polar surface area (TPSA) is 112 Å². The van der Waals surface area contributed by atoms with Gasteiger partial charge in [0.2, 0.25) is 0 Å². The van der Waals surface area contributed by atoms with E-state index in [9.17, 15) is 19.0 Å². The number of unbranched alkanes of at least 4 members (excludes halogenated alkanes) is 15. The van der Waals surface area contributed by atoms with Crippen molar-refractivity contribution in [2.24, 2.45) is 0 Å². The van der Waals surface area contributed by atoms with Crippen LogP contribution in [0.4, 0.5) is 0 Å². The van der Waals surface area contributed by atoms with Crippen LogP contribution in [0.3, 0.4) is 0 Å². The number of phosphoric acid groups is 1. The van der Waals surface area contributed by atoms with E-state index in [-0.39, 0.29) is 32.0 Å². The van der Waals surface area contributed by atoms with Crippen molar-refractivity contribution in [3.8, 4) is 0 Å². The van der Waals surface area contributed by atoms with Gasteiger partial charge in [-0.15, -0.1) is 0 Å². The second-order valence-corrected chi connectivity index (χ2v) is 12.9. The average Bonchev–Trinajstić information content (AvgIpc) is 2.97. The summed E-state index contributed by atoms with van der Waals surface area (Å²) in [5.41, 5.74) is 0. The lowest BCUT2D eigenvalue weighted by Crippen LogP contribution is -2.32. The summed E-state index contributed by atoms with van der Waals surface area (Å²) in [5.74, 6) is -1.05. The first kappa shape index (κ1) is 39.4. The van der Waals surface area contributed by atoms with Gasteiger partial charge in [-0.3, -0.25) is 18.6 Å². The minimum Gasteiger partial charge on any atom is -0.457 e. The molecule has 0 spiro atoms. The Morgan fingerprint density at radius 3 is 1.79 bits per heavy atom. The normalized spacial score (nSPS) is 13.5. The highest BCUT2D eigenvalue weighted by atomic mass is 31.2. The molecule has 0 bridgehead atoms. The zero-order valence-electron chi connectivity index (χ0n) is 26.9. The summed E-state index contributed by atoms with van der Waals surface area (Å²) in [7, 11) is -4.34. The summed E-state index contributed by atoms with van der Waals surface area (Å²) in [4.78, 5) is 33.3. The molecule has 2 atom stereocenters. The molecule has 0 amide bonds. The number of esters is 1. The van der Waals surface area contributed by atoms with Crippen LogP contribution < -0.4 is 4.57 Å². The molecule has 0 aliphatic heterocycles. The van der Waals surface area contributed by atoms with E-state index in [0.29, 0.717) is 19.6 Å². The fourth-order valence-corrected chi connectivity index (χ4v) is 5.53. The Bertz CT molecular complexity index is 870. The van der Waals surface area contributed by atoms with Gasteiger partial charge in [-0.05, 0) is 13.3 Å². The number of hydrogen-bond acceptors (Lipinski definition) is 7. The molecule has 1 N–H and O–H groups in total. The molecule has 248 valence electrons. The number of Topliss-reactive ketones (excluding diaryl/α,β-unsaturated/α-hetero) is 1. The number of aryl methyl sites for hydroxylation is 1. The Morgan fingerprint density at radius 1 is 0.721 bits per heavy atom. The number of carbonyl (C=O) groups excluding carboxylic acids is 2. The lowest BCUT2D eigenvalue weighted by molar-refractivity contribution is -0.697. The van der Waals surface area contributed by atoms with Gasteiger partial charge in [0, 0.05) is 25.2 Å². The molecule has 1 rings (SSSR count). The molecule has 0 aliphatic rings. The molecule has 0 saturated heterocycles. The number of carbonyl (C=O) groups is 2. The molecule has 0 fully saturated rings. The van der Waals surface area contributed by atoms with E-state index in [4.69, 9.17) is 18.5 Å². The first-order chi connectivity index (χ1) is 20.8. The van der Waals surface area contributed by atoms with Crippen LogP contribution in [-0.4, -0.2) is 49.2 Å². The predicted octanol–water partition coefficient (Wildman–Crippen LogP) is 7.67. The largest absolute Gasteiger partial charge is 0.472 e. The third-order valence-electron chi connectivity index (χ3n) is 7.15. The number of phosphoric ester groups is 1. The first-order valence-electron chi connectivity index (χ1n) is 16.6. The van der Waals surface area contributed by atoms with Gasteiger partial charge in [0.25, 0.3) is 0 Å². The summed E-state index contributed by atoms with van der Waals surface area (Å²) in [6, 6.07) is 5.71. The highest BCUT2D eigenvalue weighted by molar-refractivity contribution is 7.47. The molecule has 0 saturated carbocycles. The molecule has 43 heavy (non-hydrogen) atoms. The standard InChI is InChI=1S/C33H58NO8P/c1-3-4-5-6-7-8-9-10-11-12-13-14-15-16-17-21-26-39-29-32(42-33(36)28-31(2)35)30-41-43(37,38)40-27-22-25-34-23-19-18-20-24-34/h18-20,23-24,32H,3-17,21-22,25-30H2,1-2H3/p+1. The van der Waals surface area contributed by atoms with Gasteiger partial charge in [0.1, 0.15) is 18.3 Å². The Labute approximate surface area is 260 Å². The molecule has 9 nitrogen and oxygen atoms in total. The van der Waals surface area contributed by atoms with Gasteiger partial charge in [-0.2, -0.15) is 0 Å². The number of rotatable bonds is 30. The second kappa shape index (κ2) is 26.7. The van der Waals surface area contributed by atoms with E-state index < -0.39 is 19.9 Å². The molecule has 10 heteroatoms. The number of ketones is 1. The Hall–Kier alpha value is -1.64. The lowest BCUT2D eigenvalue weighted by Gasteiger charge is -2.19. The van der Waals surface area contributed by atoms with E-state index >= 15 is 0 Å². The van der Waals surface area contributed by atoms with Crippen LogP contribution in [-0.2, 0) is 39.2 Å². The molecular formula is C33H59NO8P+. The van der Waals surface area contributed by atoms with Crippen molar-refractivity contribution in [3.05, 3.63) is 30.6 Å². The molecule has 1 aromatic rings. The van der Waals surface area contributed by atoms with Gasteiger partial charge in [0.15, 0.2) is 18.9 Å². The van der Waals surface area contributed by atoms with Crippen molar-refractivity contribution in [2.45, 2.75) is 142 Å². The zero-order valence-corrected chi connectivity index (χ0v) is 27.8. The summed E-state index contributed by atoms with van der Waals surface area (Å²) in [6.07, 6.45) is 23.7. The van der Waals surface area contributed by atoms with Crippen LogP contribution in [0.15, 0.2) is 30.6 Å². The van der Waals surface area contributed by atoms with Gasteiger partial charge in [-0.25, -0.2) is 9.13 Å². The minimum absolute atomic E-state index is 0.00698. The molecule has 1 heterocycles. The predicted molar refractivity (Wildman–Crippen MR) is 169 cm³/mol. The molecule has 0 radical (unpaired) electrons. The highest BCUT2D eigenvalue weighted by Crippen LogP contribution is 2.43. The van der Waals surface area contributed by atoms with E-state index in [1.54, 1.807) is 0 Å². The maximum absolute atomic E-state index is 12.3. The van der Waals surface area contributed by atoms with E-state index in [0.717, 1.165) is 19.3 Å². The molecule has 1 aromatic heterocycles. The zero-order chi connectivity index (χ0) is 31.4. The van der Waals surface area contributed by atoms with E-state index in [1.807, 2.05) is 35.2 Å². The van der Waals surface area contributed by atoms with Crippen LogP contribution in [0.1, 0.15) is 129 Å². The Morgan fingerprint density at radius 2 is 1.26 bits per heavy atom. The Balaban J connectivity index is 2.14. The molecular weight excluding hydrogens is 569 g/mol. The minimum atomic E-state index is -4.34. The molecule has 0 aliphatic carbocycles. The van der Waals surface area contributed by atoms with Crippen LogP contribution in [0.2, 0.25) is 0 Å². The van der Waals surface area contributed by atoms with Crippen LogP contribution >= 0.6 is 7.82 Å². The number of nitrogens with zero attached hydrogens (tertiary/aromatic N) is 1. The van der Waals surface area contributed by atoms with E-state index in [1.165, 1.54) is 90.4 Å². The Kier molecular flexibility index (Phi) is 24.5. The maximum atomic E-state index is 12.3.